The second-order valence-corrected chi connectivity index (χ2v) is 6.84. The molecular weight excluding hydrogens is 282 g/mol. The lowest BCUT2D eigenvalue weighted by molar-refractivity contribution is 0.340. The standard InChI is InChI=1S/C13H15NO3S2/c15-19(16,14-11-13-7-4-9-18-13)10-8-17-12-5-2-1-3-6-12/h1-7,9,14H,8,10-11H2. The number of hydrogen-bond donors (Lipinski definition) is 1. The molecule has 0 bridgehead atoms. The number of hydrogen-bond acceptors (Lipinski definition) is 4. The van der Waals surface area contributed by atoms with Crippen molar-refractivity contribution in [2.75, 3.05) is 12.4 Å². The average molecular weight is 297 g/mol. The largest absolute Gasteiger partial charge is 0.492 e. The van der Waals surface area contributed by atoms with Crippen LogP contribution in [-0.4, -0.2) is 20.8 Å². The molecule has 0 radical (unpaired) electrons. The van der Waals surface area contributed by atoms with Gasteiger partial charge in [0.1, 0.15) is 12.4 Å². The Balaban J connectivity index is 1.75. The van der Waals surface area contributed by atoms with Crippen LogP contribution in [0.3, 0.4) is 0 Å². The number of benzene rings is 1. The zero-order valence-corrected chi connectivity index (χ0v) is 11.9. The lowest BCUT2D eigenvalue weighted by Crippen LogP contribution is -2.28. The third kappa shape index (κ3) is 5.02. The van der Waals surface area contributed by atoms with Gasteiger partial charge in [0.2, 0.25) is 10.0 Å². The van der Waals surface area contributed by atoms with Gasteiger partial charge in [-0.05, 0) is 23.6 Å². The molecule has 1 aromatic carbocycles. The van der Waals surface area contributed by atoms with Gasteiger partial charge >= 0.3 is 0 Å². The van der Waals surface area contributed by atoms with E-state index < -0.39 is 10.0 Å². The molecule has 19 heavy (non-hydrogen) atoms. The summed E-state index contributed by atoms with van der Waals surface area (Å²) in [6, 6.07) is 13.0. The van der Waals surface area contributed by atoms with Crippen LogP contribution in [0.4, 0.5) is 0 Å². The van der Waals surface area contributed by atoms with E-state index in [1.54, 1.807) is 12.1 Å². The fourth-order valence-corrected chi connectivity index (χ4v) is 3.01. The van der Waals surface area contributed by atoms with Crippen LogP contribution in [0.15, 0.2) is 47.8 Å². The summed E-state index contributed by atoms with van der Waals surface area (Å²) in [5, 5.41) is 1.92. The summed E-state index contributed by atoms with van der Waals surface area (Å²) in [5.41, 5.74) is 0. The van der Waals surface area contributed by atoms with Crippen LogP contribution in [0.1, 0.15) is 4.88 Å². The summed E-state index contributed by atoms with van der Waals surface area (Å²) in [7, 11) is -3.30. The second kappa shape index (κ2) is 6.70. The van der Waals surface area contributed by atoms with E-state index in [-0.39, 0.29) is 12.4 Å². The molecule has 102 valence electrons. The number of rotatable bonds is 7. The van der Waals surface area contributed by atoms with Gasteiger partial charge in [-0.25, -0.2) is 13.1 Å². The van der Waals surface area contributed by atoms with Gasteiger partial charge in [-0.3, -0.25) is 0 Å². The van der Waals surface area contributed by atoms with E-state index in [4.69, 9.17) is 4.74 Å². The monoisotopic (exact) mass is 297 g/mol. The quantitative estimate of drug-likeness (QED) is 0.853. The Bertz CT molecular complexity index is 580. The van der Waals surface area contributed by atoms with E-state index in [9.17, 15) is 8.42 Å². The molecule has 1 aromatic heterocycles. The fraction of sp³-hybridized carbons (Fsp3) is 0.231. The van der Waals surface area contributed by atoms with Crippen molar-refractivity contribution in [3.63, 3.8) is 0 Å². The van der Waals surface area contributed by atoms with Crippen LogP contribution in [0.5, 0.6) is 5.75 Å². The van der Waals surface area contributed by atoms with Gasteiger partial charge in [-0.1, -0.05) is 24.3 Å². The first-order chi connectivity index (χ1) is 9.16. The first-order valence-electron chi connectivity index (χ1n) is 5.83. The molecule has 0 amide bonds. The number of ether oxygens (including phenoxy) is 1. The van der Waals surface area contributed by atoms with Crippen LogP contribution in [-0.2, 0) is 16.6 Å². The number of sulfonamides is 1. The van der Waals surface area contributed by atoms with Crippen LogP contribution in [0, 0.1) is 0 Å². The molecule has 2 rings (SSSR count). The third-order valence-electron chi connectivity index (χ3n) is 2.41. The molecule has 0 fully saturated rings. The molecule has 0 unspecified atom stereocenters. The zero-order valence-electron chi connectivity index (χ0n) is 10.3. The molecule has 6 heteroatoms. The SMILES string of the molecule is O=S(=O)(CCOc1ccccc1)NCc1cccs1. The van der Waals surface area contributed by atoms with Gasteiger partial charge in [-0.2, -0.15) is 0 Å². The molecule has 1 N–H and O–H groups in total. The van der Waals surface area contributed by atoms with Crippen molar-refractivity contribution < 1.29 is 13.2 Å². The molecule has 1 heterocycles. The molecule has 0 saturated carbocycles. The van der Waals surface area contributed by atoms with E-state index in [0.29, 0.717) is 12.3 Å². The molecule has 0 aliphatic carbocycles. The minimum Gasteiger partial charge on any atom is -0.492 e. The summed E-state index contributed by atoms with van der Waals surface area (Å²) in [4.78, 5) is 0.993. The highest BCUT2D eigenvalue weighted by atomic mass is 32.2. The molecule has 4 nitrogen and oxygen atoms in total. The van der Waals surface area contributed by atoms with Gasteiger partial charge < -0.3 is 4.74 Å². The van der Waals surface area contributed by atoms with Crippen molar-refractivity contribution in [1.29, 1.82) is 0 Å². The summed E-state index contributed by atoms with van der Waals surface area (Å²) in [6.45, 7) is 0.481. The van der Waals surface area contributed by atoms with E-state index in [1.165, 1.54) is 11.3 Å². The number of para-hydroxylation sites is 1. The Morgan fingerprint density at radius 1 is 1.11 bits per heavy atom. The van der Waals surface area contributed by atoms with Crippen LogP contribution in [0.2, 0.25) is 0 Å². The summed E-state index contributed by atoms with van der Waals surface area (Å²) in [5.74, 6) is 0.628. The highest BCUT2D eigenvalue weighted by Crippen LogP contribution is 2.09. The molecule has 2 aromatic rings. The normalized spacial score (nSPS) is 11.4. The lowest BCUT2D eigenvalue weighted by Gasteiger charge is -2.07. The zero-order chi connectivity index (χ0) is 13.6. The highest BCUT2D eigenvalue weighted by Gasteiger charge is 2.10. The van der Waals surface area contributed by atoms with Crippen molar-refractivity contribution in [1.82, 2.24) is 4.72 Å². The molecular formula is C13H15NO3S2. The van der Waals surface area contributed by atoms with Crippen molar-refractivity contribution in [2.24, 2.45) is 0 Å². The van der Waals surface area contributed by atoms with E-state index in [0.717, 1.165) is 4.88 Å². The Morgan fingerprint density at radius 2 is 1.89 bits per heavy atom. The lowest BCUT2D eigenvalue weighted by atomic mass is 10.3. The number of thiophene rings is 1. The van der Waals surface area contributed by atoms with E-state index >= 15 is 0 Å². The molecule has 0 aliphatic heterocycles. The van der Waals surface area contributed by atoms with Gasteiger partial charge in [0, 0.05) is 11.4 Å². The predicted molar refractivity (Wildman–Crippen MR) is 76.9 cm³/mol. The van der Waals surface area contributed by atoms with Crippen LogP contribution >= 0.6 is 11.3 Å². The Hall–Kier alpha value is -1.37. The van der Waals surface area contributed by atoms with E-state index in [2.05, 4.69) is 4.72 Å². The van der Waals surface area contributed by atoms with Crippen LogP contribution < -0.4 is 9.46 Å². The van der Waals surface area contributed by atoms with Crippen molar-refractivity contribution >= 4 is 21.4 Å². The summed E-state index contributed by atoms with van der Waals surface area (Å²) in [6.07, 6.45) is 0. The maximum Gasteiger partial charge on any atom is 0.215 e. The van der Waals surface area contributed by atoms with Gasteiger partial charge in [0.05, 0.1) is 5.75 Å². The average Bonchev–Trinajstić information content (AvgIpc) is 2.91. The highest BCUT2D eigenvalue weighted by molar-refractivity contribution is 7.89. The smallest absolute Gasteiger partial charge is 0.215 e. The summed E-state index contributed by atoms with van der Waals surface area (Å²) < 4.78 is 31.4. The third-order valence-corrected chi connectivity index (χ3v) is 4.58. The van der Waals surface area contributed by atoms with Gasteiger partial charge in [-0.15, -0.1) is 11.3 Å². The molecule has 0 atom stereocenters. The van der Waals surface area contributed by atoms with Gasteiger partial charge in [0.25, 0.3) is 0 Å². The van der Waals surface area contributed by atoms with Crippen LogP contribution in [0.25, 0.3) is 0 Å². The Morgan fingerprint density at radius 3 is 2.58 bits per heavy atom. The van der Waals surface area contributed by atoms with Crippen molar-refractivity contribution in [2.45, 2.75) is 6.54 Å². The van der Waals surface area contributed by atoms with Crippen molar-refractivity contribution in [3.05, 3.63) is 52.7 Å². The first kappa shape index (κ1) is 14.0. The Labute approximate surface area is 117 Å². The topological polar surface area (TPSA) is 55.4 Å². The summed E-state index contributed by atoms with van der Waals surface area (Å²) >= 11 is 1.53. The minimum absolute atomic E-state index is 0.0483. The Kier molecular flexibility index (Phi) is 4.95. The second-order valence-electron chi connectivity index (χ2n) is 3.88. The maximum absolute atomic E-state index is 11.7. The first-order valence-corrected chi connectivity index (χ1v) is 8.36. The van der Waals surface area contributed by atoms with Gasteiger partial charge in [0.15, 0.2) is 0 Å². The number of nitrogens with one attached hydrogen (secondary N) is 1. The molecule has 0 aliphatic rings. The minimum atomic E-state index is -3.30. The predicted octanol–water partition coefficient (Wildman–Crippen LogP) is 2.25. The molecule has 0 saturated heterocycles. The maximum atomic E-state index is 11.7. The fourth-order valence-electron chi connectivity index (χ4n) is 1.45. The molecule has 0 spiro atoms. The van der Waals surface area contributed by atoms with Crippen molar-refractivity contribution in [3.8, 4) is 5.75 Å². The van der Waals surface area contributed by atoms with E-state index in [1.807, 2.05) is 35.7 Å².